The minimum Gasteiger partial charge on any atom is -0.379 e. The van der Waals surface area contributed by atoms with Gasteiger partial charge in [0.05, 0.1) is 13.2 Å². The highest BCUT2D eigenvalue weighted by molar-refractivity contribution is 5.03. The Balaban J connectivity index is 1.59. The van der Waals surface area contributed by atoms with Crippen LogP contribution < -0.4 is 5.32 Å². The maximum Gasteiger partial charge on any atom is 0.0619 e. The molecule has 0 unspecified atom stereocenters. The predicted molar refractivity (Wildman–Crippen MR) is 59.8 cm³/mol. The van der Waals surface area contributed by atoms with E-state index < -0.39 is 0 Å². The molecule has 0 aliphatic carbocycles. The third-order valence-corrected chi connectivity index (χ3v) is 2.71. The van der Waals surface area contributed by atoms with Crippen LogP contribution in [0, 0.1) is 0 Å². The van der Waals surface area contributed by atoms with Crippen molar-refractivity contribution in [2.75, 3.05) is 19.8 Å². The number of pyridine rings is 1. The van der Waals surface area contributed by atoms with Crippen molar-refractivity contribution in [2.24, 2.45) is 0 Å². The molecule has 0 spiro atoms. The van der Waals surface area contributed by atoms with E-state index in [1.165, 1.54) is 12.8 Å². The van der Waals surface area contributed by atoms with Crippen molar-refractivity contribution >= 4 is 0 Å². The third kappa shape index (κ3) is 3.61. The summed E-state index contributed by atoms with van der Waals surface area (Å²) in [6.07, 6.45) is 5.28. The van der Waals surface area contributed by atoms with Gasteiger partial charge in [-0.25, -0.2) is 0 Å². The fraction of sp³-hybridized carbons (Fsp3) is 0.583. The second kappa shape index (κ2) is 5.83. The van der Waals surface area contributed by atoms with E-state index in [-0.39, 0.29) is 0 Å². The third-order valence-electron chi connectivity index (χ3n) is 2.71. The molecular formula is C12H18N2O. The minimum absolute atomic E-state index is 0.578. The van der Waals surface area contributed by atoms with Gasteiger partial charge in [-0.2, -0.15) is 0 Å². The van der Waals surface area contributed by atoms with Gasteiger partial charge < -0.3 is 10.1 Å². The van der Waals surface area contributed by atoms with Crippen LogP contribution >= 0.6 is 0 Å². The Labute approximate surface area is 90.9 Å². The van der Waals surface area contributed by atoms with E-state index in [2.05, 4.69) is 10.3 Å². The molecule has 1 aliphatic rings. The van der Waals surface area contributed by atoms with Gasteiger partial charge in [-0.1, -0.05) is 6.07 Å². The van der Waals surface area contributed by atoms with Crippen molar-refractivity contribution in [2.45, 2.75) is 25.3 Å². The van der Waals surface area contributed by atoms with Crippen molar-refractivity contribution < 1.29 is 4.74 Å². The van der Waals surface area contributed by atoms with E-state index in [0.717, 1.165) is 31.9 Å². The monoisotopic (exact) mass is 206 g/mol. The number of ether oxygens (including phenoxy) is 1. The Morgan fingerprint density at radius 3 is 3.20 bits per heavy atom. The highest BCUT2D eigenvalue weighted by Gasteiger charge is 2.13. The van der Waals surface area contributed by atoms with E-state index in [9.17, 15) is 0 Å². The fourth-order valence-corrected chi connectivity index (χ4v) is 1.85. The second-order valence-electron chi connectivity index (χ2n) is 3.94. The van der Waals surface area contributed by atoms with Gasteiger partial charge in [0.25, 0.3) is 0 Å². The molecule has 0 saturated carbocycles. The zero-order valence-electron chi connectivity index (χ0n) is 8.98. The number of hydrogen-bond acceptors (Lipinski definition) is 3. The summed E-state index contributed by atoms with van der Waals surface area (Å²) < 4.78 is 5.62. The largest absolute Gasteiger partial charge is 0.379 e. The molecule has 0 radical (unpaired) electrons. The molecule has 0 bridgehead atoms. The van der Waals surface area contributed by atoms with Crippen LogP contribution in [-0.4, -0.2) is 30.8 Å². The van der Waals surface area contributed by atoms with Crippen LogP contribution in [0.15, 0.2) is 24.4 Å². The van der Waals surface area contributed by atoms with Gasteiger partial charge in [0.15, 0.2) is 0 Å². The van der Waals surface area contributed by atoms with Crippen LogP contribution in [0.1, 0.15) is 18.5 Å². The van der Waals surface area contributed by atoms with Crippen LogP contribution in [0.25, 0.3) is 0 Å². The van der Waals surface area contributed by atoms with Crippen molar-refractivity contribution in [3.8, 4) is 0 Å². The summed E-state index contributed by atoms with van der Waals surface area (Å²) >= 11 is 0. The highest BCUT2D eigenvalue weighted by atomic mass is 16.5. The molecule has 3 heteroatoms. The number of hydrogen-bond donors (Lipinski definition) is 1. The van der Waals surface area contributed by atoms with Crippen molar-refractivity contribution in [3.63, 3.8) is 0 Å². The Kier molecular flexibility index (Phi) is 4.11. The summed E-state index contributed by atoms with van der Waals surface area (Å²) in [6.45, 7) is 2.76. The molecule has 0 aromatic carbocycles. The Hall–Kier alpha value is -0.930. The molecule has 1 aliphatic heterocycles. The summed E-state index contributed by atoms with van der Waals surface area (Å²) in [5.41, 5.74) is 1.11. The van der Waals surface area contributed by atoms with Crippen LogP contribution in [-0.2, 0) is 11.2 Å². The van der Waals surface area contributed by atoms with E-state index in [0.29, 0.717) is 6.04 Å². The Morgan fingerprint density at radius 1 is 1.47 bits per heavy atom. The first-order valence-corrected chi connectivity index (χ1v) is 5.66. The van der Waals surface area contributed by atoms with Gasteiger partial charge in [0.2, 0.25) is 0 Å². The van der Waals surface area contributed by atoms with Crippen LogP contribution in [0.4, 0.5) is 0 Å². The lowest BCUT2D eigenvalue weighted by atomic mass is 10.2. The Bertz CT molecular complexity index is 270. The van der Waals surface area contributed by atoms with Crippen LogP contribution in [0.5, 0.6) is 0 Å². The number of aromatic nitrogens is 1. The van der Waals surface area contributed by atoms with Crippen molar-refractivity contribution in [1.82, 2.24) is 10.3 Å². The maximum absolute atomic E-state index is 5.62. The van der Waals surface area contributed by atoms with E-state index >= 15 is 0 Å². The molecule has 2 heterocycles. The molecule has 3 nitrogen and oxygen atoms in total. The number of rotatable bonds is 5. The van der Waals surface area contributed by atoms with E-state index in [1.54, 1.807) is 0 Å². The van der Waals surface area contributed by atoms with Gasteiger partial charge in [0.1, 0.15) is 0 Å². The minimum atomic E-state index is 0.578. The zero-order chi connectivity index (χ0) is 10.3. The summed E-state index contributed by atoms with van der Waals surface area (Å²) in [7, 11) is 0. The molecule has 1 N–H and O–H groups in total. The summed E-state index contributed by atoms with van der Waals surface area (Å²) in [5.74, 6) is 0. The van der Waals surface area contributed by atoms with Gasteiger partial charge in [-0.3, -0.25) is 4.98 Å². The van der Waals surface area contributed by atoms with Crippen LogP contribution in [0.3, 0.4) is 0 Å². The second-order valence-corrected chi connectivity index (χ2v) is 3.94. The van der Waals surface area contributed by atoms with Gasteiger partial charge in [-0.15, -0.1) is 0 Å². The molecule has 1 saturated heterocycles. The lowest BCUT2D eigenvalue weighted by molar-refractivity contribution is 0.118. The maximum atomic E-state index is 5.62. The molecule has 0 amide bonds. The van der Waals surface area contributed by atoms with Crippen LogP contribution in [0.2, 0.25) is 0 Å². The lowest BCUT2D eigenvalue weighted by Crippen LogP contribution is -2.27. The molecule has 1 atom stereocenters. The summed E-state index contributed by atoms with van der Waals surface area (Å²) in [4.78, 5) is 4.25. The topological polar surface area (TPSA) is 34.1 Å². The normalized spacial score (nSPS) is 20.7. The van der Waals surface area contributed by atoms with Crippen molar-refractivity contribution in [3.05, 3.63) is 30.1 Å². The average Bonchev–Trinajstić information content (AvgIpc) is 2.79. The number of nitrogens with zero attached hydrogens (tertiary/aromatic N) is 1. The molecule has 1 aromatic heterocycles. The fourth-order valence-electron chi connectivity index (χ4n) is 1.85. The number of nitrogens with one attached hydrogen (secondary N) is 1. The zero-order valence-corrected chi connectivity index (χ0v) is 8.98. The first-order valence-electron chi connectivity index (χ1n) is 5.66. The van der Waals surface area contributed by atoms with E-state index in [1.807, 2.05) is 24.4 Å². The highest BCUT2D eigenvalue weighted by Crippen LogP contribution is 2.05. The SMILES string of the molecule is c1ccc(CCOC[C@@H]2CCCN2)nc1. The summed E-state index contributed by atoms with van der Waals surface area (Å²) in [6, 6.07) is 6.57. The van der Waals surface area contributed by atoms with Gasteiger partial charge in [0, 0.05) is 24.4 Å². The standard InChI is InChI=1S/C12H18N2O/c1-2-7-13-11(4-1)6-9-15-10-12-5-3-8-14-12/h1-2,4,7,12,14H,3,5-6,8-10H2/t12-/m0/s1. The molecule has 1 fully saturated rings. The van der Waals surface area contributed by atoms with Gasteiger partial charge >= 0.3 is 0 Å². The molecule has 82 valence electrons. The molecule has 1 aromatic rings. The predicted octanol–water partition coefficient (Wildman–Crippen LogP) is 1.39. The lowest BCUT2D eigenvalue weighted by Gasteiger charge is -2.10. The quantitative estimate of drug-likeness (QED) is 0.739. The summed E-state index contributed by atoms with van der Waals surface area (Å²) in [5, 5.41) is 3.41. The average molecular weight is 206 g/mol. The molecular weight excluding hydrogens is 188 g/mol. The molecule has 15 heavy (non-hydrogen) atoms. The van der Waals surface area contributed by atoms with Gasteiger partial charge in [-0.05, 0) is 31.5 Å². The first kappa shape index (κ1) is 10.6. The smallest absolute Gasteiger partial charge is 0.0619 e. The first-order chi connectivity index (χ1) is 7.45. The Morgan fingerprint density at radius 2 is 2.47 bits per heavy atom. The van der Waals surface area contributed by atoms with Crippen molar-refractivity contribution in [1.29, 1.82) is 0 Å². The molecule has 2 rings (SSSR count). The van der Waals surface area contributed by atoms with E-state index in [4.69, 9.17) is 4.74 Å².